The molecule has 0 radical (unpaired) electrons. The van der Waals surface area contributed by atoms with Gasteiger partial charge in [-0.05, 0) is 26.2 Å². The van der Waals surface area contributed by atoms with E-state index in [9.17, 15) is 4.79 Å². The van der Waals surface area contributed by atoms with Crippen LogP contribution in [0.1, 0.15) is 26.2 Å². The third-order valence-corrected chi connectivity index (χ3v) is 3.66. The van der Waals surface area contributed by atoms with Gasteiger partial charge in [-0.3, -0.25) is 4.79 Å². The van der Waals surface area contributed by atoms with Gasteiger partial charge in [0.2, 0.25) is 0 Å². The molecule has 0 aromatic heterocycles. The summed E-state index contributed by atoms with van der Waals surface area (Å²) in [7, 11) is 1.67. The maximum absolute atomic E-state index is 11.6. The molecule has 72 valence electrons. The molecule has 0 aliphatic heterocycles. The summed E-state index contributed by atoms with van der Waals surface area (Å²) >= 11 is 0. The van der Waals surface area contributed by atoms with Crippen LogP contribution in [0.15, 0.2) is 12.2 Å². The molecule has 3 fully saturated rings. The van der Waals surface area contributed by atoms with E-state index in [0.717, 1.165) is 19.3 Å². The van der Waals surface area contributed by atoms with E-state index >= 15 is 0 Å². The van der Waals surface area contributed by atoms with Crippen LogP contribution in [-0.2, 0) is 9.53 Å². The van der Waals surface area contributed by atoms with E-state index in [2.05, 4.69) is 6.08 Å². The highest BCUT2D eigenvalue weighted by atomic mass is 16.5. The monoisotopic (exact) mass is 180 g/mol. The predicted molar refractivity (Wildman–Crippen MR) is 50.4 cm³/mol. The largest absolute Gasteiger partial charge is 0.370 e. The molecule has 0 heterocycles. The van der Waals surface area contributed by atoms with Gasteiger partial charge in [0.05, 0.1) is 0 Å². The average molecular weight is 180 g/mol. The number of ether oxygens (including phenoxy) is 1. The highest BCUT2D eigenvalue weighted by molar-refractivity contribution is 5.98. The smallest absolute Gasteiger partial charge is 0.168 e. The molecule has 3 aliphatic carbocycles. The normalized spacial score (nSPS) is 42.8. The Morgan fingerprint density at radius 2 is 2.46 bits per heavy atom. The fourth-order valence-corrected chi connectivity index (χ4v) is 2.91. The first-order valence-corrected chi connectivity index (χ1v) is 4.97. The summed E-state index contributed by atoms with van der Waals surface area (Å²) in [6.07, 6.45) is 7.17. The van der Waals surface area contributed by atoms with Gasteiger partial charge in [0, 0.05) is 18.9 Å². The first-order chi connectivity index (χ1) is 6.26. The zero-order valence-electron chi connectivity index (χ0n) is 8.25. The Labute approximate surface area is 79.0 Å². The zero-order chi connectivity index (χ0) is 9.47. The number of allylic oxidation sites excluding steroid dienone is 2. The second kappa shape index (κ2) is 2.95. The van der Waals surface area contributed by atoms with Gasteiger partial charge < -0.3 is 4.74 Å². The molecule has 13 heavy (non-hydrogen) atoms. The molecule has 0 aromatic carbocycles. The van der Waals surface area contributed by atoms with E-state index in [4.69, 9.17) is 4.74 Å². The molecule has 0 amide bonds. The summed E-state index contributed by atoms with van der Waals surface area (Å²) in [5, 5.41) is 0. The van der Waals surface area contributed by atoms with Crippen molar-refractivity contribution in [2.75, 3.05) is 7.11 Å². The molecule has 3 rings (SSSR count). The van der Waals surface area contributed by atoms with Gasteiger partial charge in [-0.25, -0.2) is 0 Å². The van der Waals surface area contributed by atoms with Crippen LogP contribution >= 0.6 is 0 Å². The molecule has 0 unspecified atom stereocenters. The van der Waals surface area contributed by atoms with Crippen molar-refractivity contribution in [2.24, 2.45) is 11.8 Å². The topological polar surface area (TPSA) is 26.3 Å². The van der Waals surface area contributed by atoms with Gasteiger partial charge >= 0.3 is 0 Å². The van der Waals surface area contributed by atoms with Gasteiger partial charge in [-0.2, -0.15) is 0 Å². The summed E-state index contributed by atoms with van der Waals surface area (Å²) in [5.74, 6) is 1.11. The fraction of sp³-hybridized carbons (Fsp3) is 0.727. The lowest BCUT2D eigenvalue weighted by Crippen LogP contribution is -2.57. The van der Waals surface area contributed by atoms with Crippen molar-refractivity contribution in [1.29, 1.82) is 0 Å². The highest BCUT2D eigenvalue weighted by Gasteiger charge is 2.66. The molecule has 2 heteroatoms. The predicted octanol–water partition coefficient (Wildman–Crippen LogP) is 1.95. The Morgan fingerprint density at radius 1 is 1.69 bits per heavy atom. The minimum absolute atomic E-state index is 0.302. The third-order valence-electron chi connectivity index (χ3n) is 3.66. The number of carbonyl (C=O) groups excluding carboxylic acids is 1. The Hall–Kier alpha value is -0.630. The van der Waals surface area contributed by atoms with Crippen LogP contribution in [0.3, 0.4) is 0 Å². The summed E-state index contributed by atoms with van der Waals surface area (Å²) < 4.78 is 5.40. The van der Waals surface area contributed by atoms with Crippen molar-refractivity contribution in [3.8, 4) is 0 Å². The molecular weight excluding hydrogens is 164 g/mol. The van der Waals surface area contributed by atoms with Crippen LogP contribution < -0.4 is 0 Å². The Balaban J connectivity index is 2.11. The number of carbonyl (C=O) groups is 1. The van der Waals surface area contributed by atoms with Gasteiger partial charge in [0.15, 0.2) is 5.78 Å². The number of hydrogen-bond donors (Lipinski definition) is 0. The minimum Gasteiger partial charge on any atom is -0.370 e. The van der Waals surface area contributed by atoms with Crippen LogP contribution in [0.5, 0.6) is 0 Å². The van der Waals surface area contributed by atoms with E-state index in [-0.39, 0.29) is 5.60 Å². The Morgan fingerprint density at radius 3 is 3.00 bits per heavy atom. The summed E-state index contributed by atoms with van der Waals surface area (Å²) in [6, 6.07) is 0. The standard InChI is InChI=1S/C11H16O2/c1-3-4-5-9-8-6-7-11(9,13-2)10(8)12/h3-4,8-9H,5-7H2,1-2H3/b4-3+/t8-,9+,11-/m1/s1. The van der Waals surface area contributed by atoms with E-state index in [1.54, 1.807) is 7.11 Å². The first kappa shape index (κ1) is 8.95. The molecule has 0 saturated heterocycles. The van der Waals surface area contributed by atoms with Crippen molar-refractivity contribution >= 4 is 5.78 Å². The molecule has 0 aromatic rings. The number of fused-ring (bicyclic) bond motifs is 1. The molecule has 2 nitrogen and oxygen atoms in total. The van der Waals surface area contributed by atoms with Gasteiger partial charge in [0.1, 0.15) is 5.60 Å². The SMILES string of the molecule is C/C=C/C[C@H]1[C@H]2CC[C@]1(OC)C2=O. The maximum atomic E-state index is 11.6. The first-order valence-electron chi connectivity index (χ1n) is 4.97. The van der Waals surface area contributed by atoms with E-state index < -0.39 is 0 Å². The van der Waals surface area contributed by atoms with Crippen molar-refractivity contribution in [2.45, 2.75) is 31.8 Å². The molecular formula is C11H16O2. The lowest BCUT2D eigenvalue weighted by molar-refractivity contribution is -0.167. The number of Topliss-reactive ketones (excluding diaryl/α,β-unsaturated/α-hetero) is 1. The molecule has 3 aliphatic rings. The van der Waals surface area contributed by atoms with Gasteiger partial charge in [0.25, 0.3) is 0 Å². The van der Waals surface area contributed by atoms with E-state index in [1.807, 2.05) is 13.0 Å². The minimum atomic E-state index is -0.385. The third kappa shape index (κ3) is 0.953. The molecule has 3 saturated carbocycles. The van der Waals surface area contributed by atoms with Gasteiger partial charge in [-0.15, -0.1) is 0 Å². The fourth-order valence-electron chi connectivity index (χ4n) is 2.91. The van der Waals surface area contributed by atoms with Gasteiger partial charge in [-0.1, -0.05) is 12.2 Å². The quantitative estimate of drug-likeness (QED) is 0.620. The average Bonchev–Trinajstić information content (AvgIpc) is 2.68. The molecule has 0 spiro atoms. The van der Waals surface area contributed by atoms with E-state index in [1.165, 1.54) is 0 Å². The summed E-state index contributed by atoms with van der Waals surface area (Å²) in [6.45, 7) is 2.02. The van der Waals surface area contributed by atoms with Crippen molar-refractivity contribution in [1.82, 2.24) is 0 Å². The van der Waals surface area contributed by atoms with Crippen molar-refractivity contribution in [3.05, 3.63) is 12.2 Å². The second-order valence-electron chi connectivity index (χ2n) is 4.01. The zero-order valence-corrected chi connectivity index (χ0v) is 8.25. The van der Waals surface area contributed by atoms with Crippen LogP contribution in [-0.4, -0.2) is 18.5 Å². The van der Waals surface area contributed by atoms with Crippen LogP contribution in [0.2, 0.25) is 0 Å². The number of hydrogen-bond acceptors (Lipinski definition) is 2. The van der Waals surface area contributed by atoms with Crippen molar-refractivity contribution < 1.29 is 9.53 Å². The summed E-state index contributed by atoms with van der Waals surface area (Å²) in [4.78, 5) is 11.6. The Bertz CT molecular complexity index is 257. The second-order valence-corrected chi connectivity index (χ2v) is 4.01. The molecule has 3 atom stereocenters. The molecule has 0 N–H and O–H groups in total. The number of methoxy groups -OCH3 is 1. The van der Waals surface area contributed by atoms with Crippen molar-refractivity contribution in [3.63, 3.8) is 0 Å². The lowest BCUT2D eigenvalue weighted by atomic mass is 9.65. The molecule has 2 bridgehead atoms. The lowest BCUT2D eigenvalue weighted by Gasteiger charge is -2.44. The number of ketones is 1. The van der Waals surface area contributed by atoms with Crippen LogP contribution in [0, 0.1) is 11.8 Å². The highest BCUT2D eigenvalue weighted by Crippen LogP contribution is 2.57. The maximum Gasteiger partial charge on any atom is 0.168 e. The Kier molecular flexibility index (Phi) is 2.03. The van der Waals surface area contributed by atoms with Crippen LogP contribution in [0.25, 0.3) is 0 Å². The van der Waals surface area contributed by atoms with E-state index in [0.29, 0.717) is 17.6 Å². The summed E-state index contributed by atoms with van der Waals surface area (Å²) in [5.41, 5.74) is -0.385. The van der Waals surface area contributed by atoms with Crippen LogP contribution in [0.4, 0.5) is 0 Å². The number of rotatable bonds is 3.